The average molecular weight is 436 g/mol. The normalized spacial score (nSPS) is 11.7. The molecule has 0 atom stereocenters. The summed E-state index contributed by atoms with van der Waals surface area (Å²) < 4.78 is 0. The first kappa shape index (κ1) is 19.0. The van der Waals surface area contributed by atoms with E-state index in [1.807, 2.05) is 0 Å². The van der Waals surface area contributed by atoms with Crippen molar-refractivity contribution in [2.24, 2.45) is 0 Å². The van der Waals surface area contributed by atoms with E-state index in [-0.39, 0.29) is 0 Å². The van der Waals surface area contributed by atoms with Crippen LogP contribution in [0.15, 0.2) is 109 Å². The third kappa shape index (κ3) is 2.77. The van der Waals surface area contributed by atoms with Crippen molar-refractivity contribution in [2.75, 3.05) is 4.90 Å². The summed E-state index contributed by atoms with van der Waals surface area (Å²) in [7, 11) is 0. The van der Waals surface area contributed by atoms with Gasteiger partial charge in [-0.1, -0.05) is 60.7 Å². The minimum atomic E-state index is 0.935. The van der Waals surface area contributed by atoms with E-state index in [0.717, 1.165) is 50.6 Å². The zero-order valence-electron chi connectivity index (χ0n) is 18.7. The van der Waals surface area contributed by atoms with Gasteiger partial charge in [0.25, 0.3) is 0 Å². The molecule has 1 aliphatic rings. The molecule has 0 spiro atoms. The summed E-state index contributed by atoms with van der Waals surface area (Å²) in [5.41, 5.74) is 10.7. The standard InChI is InChI=1S/C31H21N3/c1-20-15-17-26-27(19-20)33-30-24-14-8-13-23-28(18-16-25(29(23)24)31(30)32-26)34(21-9-4-2-5-10-21)22-11-6-3-7-12-22/h2-19H,1H3. The van der Waals surface area contributed by atoms with Gasteiger partial charge in [-0.05, 0) is 61.0 Å². The fourth-order valence-corrected chi connectivity index (χ4v) is 5.10. The largest absolute Gasteiger partial charge is 0.310 e. The van der Waals surface area contributed by atoms with Gasteiger partial charge in [0.05, 0.1) is 28.1 Å². The molecule has 0 N–H and O–H groups in total. The summed E-state index contributed by atoms with van der Waals surface area (Å²) in [4.78, 5) is 12.4. The number of anilines is 3. The Morgan fingerprint density at radius 2 is 1.21 bits per heavy atom. The molecule has 6 aromatic rings. The van der Waals surface area contributed by atoms with Gasteiger partial charge in [-0.3, -0.25) is 0 Å². The number of hydrogen-bond donors (Lipinski definition) is 0. The van der Waals surface area contributed by atoms with Crippen LogP contribution < -0.4 is 4.90 Å². The smallest absolute Gasteiger partial charge is 0.0979 e. The number of nitrogens with zero attached hydrogens (tertiary/aromatic N) is 3. The Morgan fingerprint density at radius 1 is 0.559 bits per heavy atom. The average Bonchev–Trinajstić information content (AvgIpc) is 3.19. The summed E-state index contributed by atoms with van der Waals surface area (Å²) >= 11 is 0. The van der Waals surface area contributed by atoms with Crippen molar-refractivity contribution in [3.05, 3.63) is 115 Å². The third-order valence-corrected chi connectivity index (χ3v) is 6.62. The first-order valence-electron chi connectivity index (χ1n) is 11.5. The molecular weight excluding hydrogens is 414 g/mol. The Bertz CT molecular complexity index is 1670. The Labute approximate surface area is 198 Å². The molecule has 0 radical (unpaired) electrons. The van der Waals surface area contributed by atoms with Crippen molar-refractivity contribution in [1.82, 2.24) is 9.97 Å². The van der Waals surface area contributed by atoms with Gasteiger partial charge in [0.1, 0.15) is 0 Å². The van der Waals surface area contributed by atoms with Gasteiger partial charge in [-0.15, -0.1) is 0 Å². The quantitative estimate of drug-likeness (QED) is 0.280. The van der Waals surface area contributed by atoms with Crippen molar-refractivity contribution in [1.29, 1.82) is 0 Å². The monoisotopic (exact) mass is 435 g/mol. The molecule has 0 aliphatic heterocycles. The van der Waals surface area contributed by atoms with Crippen LogP contribution in [0.4, 0.5) is 17.1 Å². The van der Waals surface area contributed by atoms with Crippen LogP contribution >= 0.6 is 0 Å². The van der Waals surface area contributed by atoms with Gasteiger partial charge in [0.15, 0.2) is 0 Å². The fourth-order valence-electron chi connectivity index (χ4n) is 5.10. The number of para-hydroxylation sites is 2. The molecule has 3 heteroatoms. The predicted molar refractivity (Wildman–Crippen MR) is 141 cm³/mol. The lowest BCUT2D eigenvalue weighted by molar-refractivity contribution is 1.30. The summed E-state index contributed by atoms with van der Waals surface area (Å²) in [6, 6.07) is 38.3. The summed E-state index contributed by atoms with van der Waals surface area (Å²) in [6.07, 6.45) is 0. The molecule has 0 saturated carbocycles. The van der Waals surface area contributed by atoms with Crippen molar-refractivity contribution in [3.8, 4) is 22.5 Å². The lowest BCUT2D eigenvalue weighted by Gasteiger charge is -2.27. The van der Waals surface area contributed by atoms with E-state index in [9.17, 15) is 0 Å². The van der Waals surface area contributed by atoms with Crippen LogP contribution in [0.1, 0.15) is 5.56 Å². The molecular formula is C31H21N3. The number of aromatic nitrogens is 2. The highest BCUT2D eigenvalue weighted by molar-refractivity contribution is 6.18. The molecule has 0 amide bonds. The topological polar surface area (TPSA) is 29.0 Å². The second-order valence-corrected chi connectivity index (χ2v) is 8.78. The molecule has 1 aromatic heterocycles. The highest BCUT2D eigenvalue weighted by Crippen LogP contribution is 2.50. The Morgan fingerprint density at radius 3 is 1.91 bits per heavy atom. The van der Waals surface area contributed by atoms with E-state index in [1.54, 1.807) is 0 Å². The van der Waals surface area contributed by atoms with Gasteiger partial charge >= 0.3 is 0 Å². The van der Waals surface area contributed by atoms with Gasteiger partial charge in [-0.2, -0.15) is 0 Å². The fraction of sp³-hybridized carbons (Fsp3) is 0.0323. The zero-order valence-corrected chi connectivity index (χ0v) is 18.7. The van der Waals surface area contributed by atoms with E-state index in [4.69, 9.17) is 9.97 Å². The van der Waals surface area contributed by atoms with Crippen LogP contribution in [0.5, 0.6) is 0 Å². The first-order valence-corrected chi connectivity index (χ1v) is 11.5. The minimum absolute atomic E-state index is 0.935. The van der Waals surface area contributed by atoms with E-state index >= 15 is 0 Å². The second kappa shape index (κ2) is 7.26. The first-order chi connectivity index (χ1) is 16.8. The van der Waals surface area contributed by atoms with Gasteiger partial charge in [0, 0.05) is 33.3 Å². The van der Waals surface area contributed by atoms with Crippen LogP contribution in [-0.4, -0.2) is 9.97 Å². The van der Waals surface area contributed by atoms with E-state index in [1.165, 1.54) is 16.3 Å². The van der Waals surface area contributed by atoms with Crippen molar-refractivity contribution < 1.29 is 0 Å². The van der Waals surface area contributed by atoms with Crippen LogP contribution in [0.25, 0.3) is 44.3 Å². The lowest BCUT2D eigenvalue weighted by Crippen LogP contribution is -2.10. The van der Waals surface area contributed by atoms with Gasteiger partial charge in [-0.25, -0.2) is 9.97 Å². The SMILES string of the molecule is Cc1ccc2nc3c(nc2c1)-c1cccc2c(N(c4ccccc4)c4ccccc4)ccc-3c12. The number of fused-ring (bicyclic) bond motifs is 4. The molecule has 0 fully saturated rings. The Hall–Kier alpha value is -4.50. The van der Waals surface area contributed by atoms with E-state index in [2.05, 4.69) is 121 Å². The number of rotatable bonds is 3. The number of aryl methyl sites for hydroxylation is 1. The molecule has 7 rings (SSSR count). The molecule has 3 nitrogen and oxygen atoms in total. The van der Waals surface area contributed by atoms with E-state index in [0.29, 0.717) is 0 Å². The summed E-state index contributed by atoms with van der Waals surface area (Å²) in [6.45, 7) is 2.10. The molecule has 1 heterocycles. The number of benzene rings is 5. The molecule has 0 bridgehead atoms. The van der Waals surface area contributed by atoms with Crippen molar-refractivity contribution in [3.63, 3.8) is 0 Å². The molecule has 5 aromatic carbocycles. The Balaban J connectivity index is 1.51. The molecule has 0 unspecified atom stereocenters. The highest BCUT2D eigenvalue weighted by Gasteiger charge is 2.27. The van der Waals surface area contributed by atoms with E-state index < -0.39 is 0 Å². The maximum absolute atomic E-state index is 5.07. The lowest BCUT2D eigenvalue weighted by atomic mass is 10.0. The molecule has 1 aliphatic carbocycles. The second-order valence-electron chi connectivity index (χ2n) is 8.78. The maximum Gasteiger partial charge on any atom is 0.0979 e. The molecule has 160 valence electrons. The zero-order chi connectivity index (χ0) is 22.6. The summed E-state index contributed by atoms with van der Waals surface area (Å²) in [5.74, 6) is 0. The molecule has 34 heavy (non-hydrogen) atoms. The highest BCUT2D eigenvalue weighted by atomic mass is 15.1. The maximum atomic E-state index is 5.07. The van der Waals surface area contributed by atoms with Crippen LogP contribution in [0, 0.1) is 6.92 Å². The third-order valence-electron chi connectivity index (χ3n) is 6.62. The van der Waals surface area contributed by atoms with Crippen molar-refractivity contribution in [2.45, 2.75) is 6.92 Å². The molecule has 0 saturated heterocycles. The van der Waals surface area contributed by atoms with Crippen LogP contribution in [-0.2, 0) is 0 Å². The Kier molecular flexibility index (Phi) is 4.06. The van der Waals surface area contributed by atoms with Crippen molar-refractivity contribution >= 4 is 38.9 Å². The van der Waals surface area contributed by atoms with Crippen LogP contribution in [0.3, 0.4) is 0 Å². The van der Waals surface area contributed by atoms with Gasteiger partial charge < -0.3 is 4.90 Å². The summed E-state index contributed by atoms with van der Waals surface area (Å²) in [5, 5.41) is 2.42. The number of hydrogen-bond acceptors (Lipinski definition) is 3. The predicted octanol–water partition coefficient (Wildman–Crippen LogP) is 8.21. The van der Waals surface area contributed by atoms with Crippen LogP contribution in [0.2, 0.25) is 0 Å². The van der Waals surface area contributed by atoms with Gasteiger partial charge in [0.2, 0.25) is 0 Å². The minimum Gasteiger partial charge on any atom is -0.310 e.